The number of nitrogens with two attached hydrogens (primary N) is 1. The summed E-state index contributed by atoms with van der Waals surface area (Å²) >= 11 is 0. The van der Waals surface area contributed by atoms with E-state index in [1.807, 2.05) is 0 Å². The molecule has 0 aromatic heterocycles. The van der Waals surface area contributed by atoms with Gasteiger partial charge >= 0.3 is 0 Å². The van der Waals surface area contributed by atoms with Gasteiger partial charge in [-0.05, 0) is 17.5 Å². The van der Waals surface area contributed by atoms with Crippen LogP contribution in [0.2, 0.25) is 0 Å². The van der Waals surface area contributed by atoms with E-state index in [-0.39, 0.29) is 6.10 Å². The van der Waals surface area contributed by atoms with Crippen molar-refractivity contribution in [3.8, 4) is 0 Å². The number of hydrogen-bond donors (Lipinski definition) is 1. The Morgan fingerprint density at radius 1 is 1.43 bits per heavy atom. The summed E-state index contributed by atoms with van der Waals surface area (Å²) in [6.07, 6.45) is 1.07. The van der Waals surface area contributed by atoms with Gasteiger partial charge in [-0.3, -0.25) is 0 Å². The predicted molar refractivity (Wildman–Crippen MR) is 56.1 cm³/mol. The van der Waals surface area contributed by atoms with Crippen molar-refractivity contribution in [1.29, 1.82) is 0 Å². The molecule has 1 atom stereocenters. The third-order valence-electron chi connectivity index (χ3n) is 2.44. The maximum atomic E-state index is 5.45. The number of ether oxygens (including phenoxy) is 1. The van der Waals surface area contributed by atoms with Crippen molar-refractivity contribution in [3.63, 3.8) is 0 Å². The molecule has 14 heavy (non-hydrogen) atoms. The van der Waals surface area contributed by atoms with Crippen LogP contribution in [0.15, 0.2) is 29.3 Å². The molecule has 1 aromatic rings. The van der Waals surface area contributed by atoms with Crippen LogP contribution in [-0.4, -0.2) is 12.6 Å². The standard InChI is InChI=1S/C11H14N2O/c1-2-8-3-5-9(6-4-8)10-7-13-11(12)14-10/h3-6,10H,2,7H2,1H3,(H2,12,13). The molecule has 0 amide bonds. The van der Waals surface area contributed by atoms with Crippen LogP contribution in [0.4, 0.5) is 0 Å². The van der Waals surface area contributed by atoms with E-state index in [1.54, 1.807) is 0 Å². The summed E-state index contributed by atoms with van der Waals surface area (Å²) in [5.74, 6) is 0. The van der Waals surface area contributed by atoms with Gasteiger partial charge in [0.1, 0.15) is 6.10 Å². The second-order valence-corrected chi connectivity index (χ2v) is 3.38. The van der Waals surface area contributed by atoms with Crippen LogP contribution in [-0.2, 0) is 11.2 Å². The van der Waals surface area contributed by atoms with Gasteiger partial charge in [-0.2, -0.15) is 0 Å². The molecule has 1 aliphatic heterocycles. The zero-order valence-corrected chi connectivity index (χ0v) is 8.23. The highest BCUT2D eigenvalue weighted by Gasteiger charge is 2.18. The molecule has 0 bridgehead atoms. The number of aryl methyl sites for hydroxylation is 1. The van der Waals surface area contributed by atoms with Crippen molar-refractivity contribution in [1.82, 2.24) is 0 Å². The van der Waals surface area contributed by atoms with Crippen LogP contribution >= 0.6 is 0 Å². The molecule has 0 aliphatic carbocycles. The Balaban J connectivity index is 2.11. The highest BCUT2D eigenvalue weighted by molar-refractivity contribution is 5.73. The molecular formula is C11H14N2O. The van der Waals surface area contributed by atoms with Gasteiger partial charge in [0, 0.05) is 0 Å². The monoisotopic (exact) mass is 190 g/mol. The molecule has 0 saturated carbocycles. The van der Waals surface area contributed by atoms with Gasteiger partial charge in [-0.1, -0.05) is 31.2 Å². The number of benzene rings is 1. The highest BCUT2D eigenvalue weighted by Crippen LogP contribution is 2.21. The third-order valence-corrected chi connectivity index (χ3v) is 2.44. The van der Waals surface area contributed by atoms with Crippen LogP contribution in [0.5, 0.6) is 0 Å². The van der Waals surface area contributed by atoms with Gasteiger partial charge in [0.25, 0.3) is 6.02 Å². The van der Waals surface area contributed by atoms with Gasteiger partial charge < -0.3 is 10.5 Å². The summed E-state index contributed by atoms with van der Waals surface area (Å²) in [6, 6.07) is 8.70. The molecule has 2 rings (SSSR count). The van der Waals surface area contributed by atoms with Crippen molar-refractivity contribution in [2.75, 3.05) is 6.54 Å². The second kappa shape index (κ2) is 3.70. The molecule has 1 aromatic carbocycles. The van der Waals surface area contributed by atoms with E-state index < -0.39 is 0 Å². The minimum Gasteiger partial charge on any atom is -0.455 e. The number of aliphatic imine (C=N–C) groups is 1. The molecule has 3 heteroatoms. The molecule has 74 valence electrons. The Morgan fingerprint density at radius 2 is 2.14 bits per heavy atom. The molecule has 3 nitrogen and oxygen atoms in total. The van der Waals surface area contributed by atoms with E-state index in [0.29, 0.717) is 12.6 Å². The van der Waals surface area contributed by atoms with Gasteiger partial charge in [0.15, 0.2) is 0 Å². The fourth-order valence-electron chi connectivity index (χ4n) is 1.53. The minimum absolute atomic E-state index is 0.0147. The van der Waals surface area contributed by atoms with Crippen molar-refractivity contribution in [3.05, 3.63) is 35.4 Å². The molecule has 0 radical (unpaired) electrons. The van der Waals surface area contributed by atoms with Crippen LogP contribution in [0.3, 0.4) is 0 Å². The molecule has 0 spiro atoms. The van der Waals surface area contributed by atoms with Crippen LogP contribution in [0.1, 0.15) is 24.2 Å². The quantitative estimate of drug-likeness (QED) is 0.770. The van der Waals surface area contributed by atoms with Gasteiger partial charge in [-0.15, -0.1) is 0 Å². The topological polar surface area (TPSA) is 47.6 Å². The maximum Gasteiger partial charge on any atom is 0.282 e. The number of amidine groups is 1. The average Bonchev–Trinajstić information content (AvgIpc) is 2.65. The van der Waals surface area contributed by atoms with Crippen molar-refractivity contribution < 1.29 is 4.74 Å². The maximum absolute atomic E-state index is 5.45. The number of rotatable bonds is 2. The van der Waals surface area contributed by atoms with E-state index in [1.165, 1.54) is 5.56 Å². The Morgan fingerprint density at radius 3 is 2.64 bits per heavy atom. The first kappa shape index (κ1) is 9.06. The SMILES string of the molecule is CCc1ccc(C2CN=C(N)O2)cc1. The molecule has 0 saturated heterocycles. The van der Waals surface area contributed by atoms with Crippen molar-refractivity contribution in [2.24, 2.45) is 10.7 Å². The second-order valence-electron chi connectivity index (χ2n) is 3.38. The molecule has 1 heterocycles. The summed E-state index contributed by atoms with van der Waals surface area (Å²) in [7, 11) is 0. The first-order valence-corrected chi connectivity index (χ1v) is 4.85. The molecule has 1 unspecified atom stereocenters. The highest BCUT2D eigenvalue weighted by atomic mass is 16.5. The summed E-state index contributed by atoms with van der Waals surface area (Å²) in [5.41, 5.74) is 7.93. The summed E-state index contributed by atoms with van der Waals surface area (Å²) in [6.45, 7) is 2.78. The van der Waals surface area contributed by atoms with E-state index in [4.69, 9.17) is 10.5 Å². The average molecular weight is 190 g/mol. The van der Waals surface area contributed by atoms with E-state index in [9.17, 15) is 0 Å². The van der Waals surface area contributed by atoms with Crippen LogP contribution in [0.25, 0.3) is 0 Å². The first-order chi connectivity index (χ1) is 6.79. The van der Waals surface area contributed by atoms with Gasteiger partial charge in [-0.25, -0.2) is 4.99 Å². The fourth-order valence-corrected chi connectivity index (χ4v) is 1.53. The minimum atomic E-state index is 0.0147. The number of hydrogen-bond acceptors (Lipinski definition) is 3. The van der Waals surface area contributed by atoms with Crippen LogP contribution in [0, 0.1) is 0 Å². The van der Waals surface area contributed by atoms with E-state index >= 15 is 0 Å². The van der Waals surface area contributed by atoms with E-state index in [0.717, 1.165) is 12.0 Å². The van der Waals surface area contributed by atoms with E-state index in [2.05, 4.69) is 36.2 Å². The Labute approximate surface area is 83.6 Å². The zero-order chi connectivity index (χ0) is 9.97. The summed E-state index contributed by atoms with van der Waals surface area (Å²) < 4.78 is 5.35. The predicted octanol–water partition coefficient (Wildman–Crippen LogP) is 1.64. The van der Waals surface area contributed by atoms with Gasteiger partial charge in [0.2, 0.25) is 0 Å². The molecular weight excluding hydrogens is 176 g/mol. The lowest BCUT2D eigenvalue weighted by molar-refractivity contribution is 0.226. The normalized spacial score (nSPS) is 20.4. The summed E-state index contributed by atoms with van der Waals surface area (Å²) in [5, 5.41) is 0. The Kier molecular flexibility index (Phi) is 2.39. The fraction of sp³-hybridized carbons (Fsp3) is 0.364. The Hall–Kier alpha value is -1.51. The molecule has 1 aliphatic rings. The molecule has 0 fully saturated rings. The lowest BCUT2D eigenvalue weighted by atomic mass is 10.1. The smallest absolute Gasteiger partial charge is 0.282 e. The summed E-state index contributed by atoms with van der Waals surface area (Å²) in [4.78, 5) is 4.01. The Bertz CT molecular complexity index is 343. The van der Waals surface area contributed by atoms with Crippen molar-refractivity contribution >= 4 is 6.02 Å². The number of nitrogens with zero attached hydrogens (tertiary/aromatic N) is 1. The van der Waals surface area contributed by atoms with Gasteiger partial charge in [0.05, 0.1) is 6.54 Å². The lowest BCUT2D eigenvalue weighted by Gasteiger charge is -2.10. The first-order valence-electron chi connectivity index (χ1n) is 4.85. The molecule has 2 N–H and O–H groups in total. The van der Waals surface area contributed by atoms with Crippen molar-refractivity contribution in [2.45, 2.75) is 19.4 Å². The van der Waals surface area contributed by atoms with Crippen LogP contribution < -0.4 is 5.73 Å². The largest absolute Gasteiger partial charge is 0.455 e. The third kappa shape index (κ3) is 1.71. The lowest BCUT2D eigenvalue weighted by Crippen LogP contribution is -2.13. The zero-order valence-electron chi connectivity index (χ0n) is 8.23.